The van der Waals surface area contributed by atoms with E-state index in [0.29, 0.717) is 0 Å². The van der Waals surface area contributed by atoms with E-state index in [0.717, 1.165) is 22.3 Å². The van der Waals surface area contributed by atoms with Crippen LogP contribution in [0.5, 0.6) is 0 Å². The molecule has 0 aliphatic heterocycles. The lowest BCUT2D eigenvalue weighted by Crippen LogP contribution is -2.48. The molecule has 2 atom stereocenters. The van der Waals surface area contributed by atoms with Crippen LogP contribution in [0.1, 0.15) is 52.2 Å². The lowest BCUT2D eigenvalue weighted by molar-refractivity contribution is -0.159. The monoisotopic (exact) mass is 491 g/mol. The first-order valence-electron chi connectivity index (χ1n) is 10.3. The van der Waals surface area contributed by atoms with Gasteiger partial charge in [-0.3, -0.25) is 14.4 Å². The van der Waals surface area contributed by atoms with Gasteiger partial charge in [0.05, 0.1) is 25.0 Å². The number of aliphatic carboxylic acids is 2. The molecule has 0 bridgehead atoms. The van der Waals surface area contributed by atoms with Crippen molar-refractivity contribution in [2.24, 2.45) is 11.1 Å². The van der Waals surface area contributed by atoms with E-state index in [4.69, 9.17) is 25.8 Å². The summed E-state index contributed by atoms with van der Waals surface area (Å²) in [6, 6.07) is 16.0. The lowest BCUT2D eigenvalue weighted by atomic mass is 9.88. The van der Waals surface area contributed by atoms with Crippen LogP contribution in [0, 0.1) is 5.41 Å². The maximum atomic E-state index is 12.1. The molecule has 0 saturated heterocycles. The topological polar surface area (TPSA) is 167 Å². The second-order valence-electron chi connectivity index (χ2n) is 8.49. The van der Waals surface area contributed by atoms with Crippen molar-refractivity contribution in [2.75, 3.05) is 19.8 Å². The highest BCUT2D eigenvalue weighted by atomic mass is 16.5. The van der Waals surface area contributed by atoms with E-state index < -0.39 is 42.1 Å². The molecule has 2 aromatic rings. The van der Waals surface area contributed by atoms with E-state index in [2.05, 4.69) is 0 Å². The maximum Gasteiger partial charge on any atom is 0.325 e. The Bertz CT molecular complexity index is 974. The number of fused-ring (bicyclic) bond motifs is 3. The molecule has 3 rings (SSSR count). The number of carboxylic acids is 2. The Balaban J connectivity index is 0.00000101. The summed E-state index contributed by atoms with van der Waals surface area (Å²) >= 11 is 0. The second-order valence-corrected chi connectivity index (χ2v) is 8.49. The summed E-state index contributed by atoms with van der Waals surface area (Å²) in [5.74, 6) is -3.11. The highest BCUT2D eigenvalue weighted by Gasteiger charge is 2.36. The summed E-state index contributed by atoms with van der Waals surface area (Å²) in [5.41, 5.74) is 6.45. The molecule has 1 aliphatic rings. The fraction of sp³-hybridized carbons (Fsp3) is 0.423. The molecule has 0 amide bonds. The van der Waals surface area contributed by atoms with Crippen LogP contribution in [-0.2, 0) is 19.1 Å². The van der Waals surface area contributed by atoms with Gasteiger partial charge in [0.1, 0.15) is 12.1 Å². The predicted octanol–water partition coefficient (Wildman–Crippen LogP) is 2.87. The highest BCUT2D eigenvalue weighted by Crippen LogP contribution is 2.44. The van der Waals surface area contributed by atoms with Crippen molar-refractivity contribution in [3.63, 3.8) is 0 Å². The van der Waals surface area contributed by atoms with Gasteiger partial charge >= 0.3 is 17.9 Å². The van der Waals surface area contributed by atoms with Crippen LogP contribution >= 0.6 is 0 Å². The van der Waals surface area contributed by atoms with Crippen LogP contribution in [0.15, 0.2) is 48.5 Å². The zero-order valence-corrected chi connectivity index (χ0v) is 18.5. The molecule has 9 heteroatoms. The lowest BCUT2D eigenvalue weighted by Gasteiger charge is -2.21. The van der Waals surface area contributed by atoms with Crippen LogP contribution in [0.25, 0.3) is 11.1 Å². The summed E-state index contributed by atoms with van der Waals surface area (Å²) in [5, 5.41) is 34.8. The number of carbonyl (C=O) groups excluding carboxylic acids is 1. The summed E-state index contributed by atoms with van der Waals surface area (Å²) in [4.78, 5) is 33.3. The molecule has 0 heterocycles. The van der Waals surface area contributed by atoms with Gasteiger partial charge in [-0.05, 0) is 36.1 Å². The minimum Gasteiger partial charge on any atom is -0.481 e. The van der Waals surface area contributed by atoms with Gasteiger partial charge in [0.25, 0.3) is 0 Å². The molecule has 9 nitrogen and oxygen atoms in total. The van der Waals surface area contributed by atoms with E-state index in [1.54, 1.807) is 0 Å². The molecule has 0 aromatic heterocycles. The molecule has 2 unspecified atom stereocenters. The van der Waals surface area contributed by atoms with Crippen LogP contribution in [0.2, 0.25) is 0 Å². The Morgan fingerprint density at radius 3 is 1.66 bits per heavy atom. The molecule has 0 radical (unpaired) electrons. The highest BCUT2D eigenvalue weighted by molar-refractivity contribution is 5.82. The first-order valence-corrected chi connectivity index (χ1v) is 10.3. The van der Waals surface area contributed by atoms with Crippen LogP contribution in [0.3, 0.4) is 0 Å². The minimum atomic E-state index is -1.53. The standard InChI is InChI=1S/C20H20O5.C4H9NO3.2CH4/c1-20(12-21,19(23)24)10-18(22)25-11-17-15-8-4-2-6-13(15)14-7-3-5-9-16(14)17;1-4(5,2-6)3(7)8;;/h2-9,17,21H,10-12H2,1H3,(H,23,24);6H,2,5H2,1H3,(H,7,8);2*1H4. The van der Waals surface area contributed by atoms with Crippen molar-refractivity contribution in [1.29, 1.82) is 0 Å². The van der Waals surface area contributed by atoms with Crippen molar-refractivity contribution in [1.82, 2.24) is 0 Å². The fourth-order valence-corrected chi connectivity index (χ4v) is 3.25. The van der Waals surface area contributed by atoms with Gasteiger partial charge in [-0.15, -0.1) is 0 Å². The normalized spacial score (nSPS) is 14.8. The molecule has 194 valence electrons. The van der Waals surface area contributed by atoms with Crippen LogP contribution in [0.4, 0.5) is 0 Å². The molecule has 6 N–H and O–H groups in total. The zero-order chi connectivity index (χ0) is 24.8. The second kappa shape index (κ2) is 13.0. The molecule has 0 spiro atoms. The van der Waals surface area contributed by atoms with Crippen molar-refractivity contribution < 1.29 is 39.5 Å². The number of esters is 1. The Labute approximate surface area is 206 Å². The Hall–Kier alpha value is -3.27. The number of ether oxygens (including phenoxy) is 1. The summed E-state index contributed by atoms with van der Waals surface area (Å²) in [6.07, 6.45) is -0.366. The van der Waals surface area contributed by atoms with Gasteiger partial charge < -0.3 is 30.9 Å². The number of nitrogens with two attached hydrogens (primary N) is 1. The number of hydrogen-bond acceptors (Lipinski definition) is 7. The fourth-order valence-electron chi connectivity index (χ4n) is 3.25. The Kier molecular flexibility index (Phi) is 11.8. The number of carboxylic acid groups (broad SMARTS) is 2. The van der Waals surface area contributed by atoms with Gasteiger partial charge in [0.15, 0.2) is 0 Å². The van der Waals surface area contributed by atoms with Crippen molar-refractivity contribution >= 4 is 17.9 Å². The first kappa shape index (κ1) is 31.7. The predicted molar refractivity (Wildman–Crippen MR) is 133 cm³/mol. The van der Waals surface area contributed by atoms with Crippen molar-refractivity contribution in [2.45, 2.75) is 46.6 Å². The number of benzene rings is 2. The summed E-state index contributed by atoms with van der Waals surface area (Å²) in [6.45, 7) is 1.56. The molecule has 35 heavy (non-hydrogen) atoms. The summed E-state index contributed by atoms with van der Waals surface area (Å²) < 4.78 is 5.37. The van der Waals surface area contributed by atoms with Crippen molar-refractivity contribution in [3.8, 4) is 11.1 Å². The van der Waals surface area contributed by atoms with Gasteiger partial charge in [0.2, 0.25) is 0 Å². The van der Waals surface area contributed by atoms with E-state index >= 15 is 0 Å². The van der Waals surface area contributed by atoms with Gasteiger partial charge in [-0.1, -0.05) is 63.4 Å². The van der Waals surface area contributed by atoms with Gasteiger partial charge in [-0.25, -0.2) is 0 Å². The van der Waals surface area contributed by atoms with E-state index in [-0.39, 0.29) is 33.8 Å². The van der Waals surface area contributed by atoms with E-state index in [9.17, 15) is 19.5 Å². The maximum absolute atomic E-state index is 12.1. The minimum absolute atomic E-state index is 0. The molecular formula is C26H37NO8. The molecule has 1 aliphatic carbocycles. The van der Waals surface area contributed by atoms with Gasteiger partial charge in [-0.2, -0.15) is 0 Å². The smallest absolute Gasteiger partial charge is 0.325 e. The molecular weight excluding hydrogens is 454 g/mol. The third kappa shape index (κ3) is 7.35. The number of aliphatic hydroxyl groups is 2. The third-order valence-electron chi connectivity index (χ3n) is 5.59. The average molecular weight is 492 g/mol. The van der Waals surface area contributed by atoms with Crippen molar-refractivity contribution in [3.05, 3.63) is 59.7 Å². The van der Waals surface area contributed by atoms with Gasteiger partial charge in [0, 0.05) is 5.92 Å². The number of carbonyl (C=O) groups is 3. The third-order valence-corrected chi connectivity index (χ3v) is 5.59. The quantitative estimate of drug-likeness (QED) is 0.349. The van der Waals surface area contributed by atoms with E-state index in [1.807, 2.05) is 48.5 Å². The Morgan fingerprint density at radius 1 is 0.857 bits per heavy atom. The van der Waals surface area contributed by atoms with E-state index in [1.165, 1.54) is 13.8 Å². The number of hydrogen-bond donors (Lipinski definition) is 5. The largest absolute Gasteiger partial charge is 0.481 e. The molecule has 0 fully saturated rings. The zero-order valence-electron chi connectivity index (χ0n) is 18.5. The van der Waals surface area contributed by atoms with Crippen LogP contribution < -0.4 is 5.73 Å². The average Bonchev–Trinajstić information content (AvgIpc) is 3.11. The Morgan fingerprint density at radius 2 is 1.31 bits per heavy atom. The SMILES string of the molecule is C.C.CC(CO)(CC(=O)OCC1c2ccccc2-c2ccccc21)C(=O)O.CC(N)(CO)C(=O)O. The first-order chi connectivity index (χ1) is 15.5. The van der Waals surface area contributed by atoms with Crippen LogP contribution in [-0.4, -0.2) is 63.7 Å². The summed E-state index contributed by atoms with van der Waals surface area (Å²) in [7, 11) is 0. The number of aliphatic hydroxyl groups excluding tert-OH is 2. The molecule has 2 aromatic carbocycles. The molecule has 0 saturated carbocycles. The number of rotatable bonds is 8.